The zero-order valence-corrected chi connectivity index (χ0v) is 13.3. The van der Waals surface area contributed by atoms with Gasteiger partial charge in [-0.05, 0) is 20.8 Å². The molecule has 1 N–H and O–H groups in total. The van der Waals surface area contributed by atoms with Crippen LogP contribution < -0.4 is 5.32 Å². The minimum atomic E-state index is -0.489. The van der Waals surface area contributed by atoms with Gasteiger partial charge in [0.1, 0.15) is 11.1 Å². The van der Waals surface area contributed by atoms with Crippen LogP contribution in [0.5, 0.6) is 0 Å². The third-order valence-corrected chi connectivity index (χ3v) is 2.69. The zero-order chi connectivity index (χ0) is 16.2. The lowest BCUT2D eigenvalue weighted by atomic mass is 10.2. The molecule has 6 heteroatoms. The number of ether oxygens (including phenoxy) is 1. The fourth-order valence-electron chi connectivity index (χ4n) is 1.86. The number of hydrogen-bond acceptors (Lipinski definition) is 4. The van der Waals surface area contributed by atoms with Gasteiger partial charge in [-0.1, -0.05) is 11.8 Å². The monoisotopic (exact) mass is 300 g/mol. The number of aryl methyl sites for hydroxylation is 1. The summed E-state index contributed by atoms with van der Waals surface area (Å²) in [6.45, 7) is 5.92. The van der Waals surface area contributed by atoms with E-state index >= 15 is 0 Å². The van der Waals surface area contributed by atoms with Gasteiger partial charge in [-0.15, -0.1) is 0 Å². The molecule has 22 heavy (non-hydrogen) atoms. The van der Waals surface area contributed by atoms with Gasteiger partial charge in [-0.2, -0.15) is 5.10 Å². The minimum absolute atomic E-state index is 0.426. The average molecular weight is 300 g/mol. The van der Waals surface area contributed by atoms with E-state index in [1.807, 2.05) is 34.0 Å². The Balaban J connectivity index is 1.90. The highest BCUT2D eigenvalue weighted by atomic mass is 16.6. The average Bonchev–Trinajstić information content (AvgIpc) is 2.77. The maximum absolute atomic E-state index is 11.5. The van der Waals surface area contributed by atoms with Crippen molar-refractivity contribution in [3.63, 3.8) is 0 Å². The lowest BCUT2D eigenvalue weighted by Crippen LogP contribution is -2.32. The Hall–Kier alpha value is -2.55. The van der Waals surface area contributed by atoms with Crippen LogP contribution in [0.1, 0.15) is 32.8 Å². The second-order valence-electron chi connectivity index (χ2n) is 5.90. The van der Waals surface area contributed by atoms with Crippen molar-refractivity contribution in [1.29, 1.82) is 0 Å². The number of alkyl carbamates (subject to hydrolysis) is 1. The largest absolute Gasteiger partial charge is 0.444 e. The van der Waals surface area contributed by atoms with Crippen molar-refractivity contribution in [2.45, 2.75) is 32.8 Å². The van der Waals surface area contributed by atoms with Crippen molar-refractivity contribution < 1.29 is 9.53 Å². The van der Waals surface area contributed by atoms with Crippen LogP contribution in [-0.2, 0) is 11.8 Å². The Morgan fingerprint density at radius 3 is 2.91 bits per heavy atom. The predicted octanol–water partition coefficient (Wildman–Crippen LogP) is 2.23. The molecular formula is C16H20N4O2. The first-order chi connectivity index (χ1) is 10.3. The van der Waals surface area contributed by atoms with E-state index in [1.165, 1.54) is 0 Å². The summed E-state index contributed by atoms with van der Waals surface area (Å²) in [5.41, 5.74) is 1.17. The van der Waals surface area contributed by atoms with Gasteiger partial charge < -0.3 is 10.1 Å². The highest BCUT2D eigenvalue weighted by molar-refractivity contribution is 5.83. The maximum atomic E-state index is 11.5. The fraction of sp³-hybridized carbons (Fsp3) is 0.438. The molecule has 2 aromatic heterocycles. The summed E-state index contributed by atoms with van der Waals surface area (Å²) in [5.74, 6) is 6.09. The van der Waals surface area contributed by atoms with E-state index in [0.717, 1.165) is 16.5 Å². The summed E-state index contributed by atoms with van der Waals surface area (Å²) in [6.07, 6.45) is 5.46. The van der Waals surface area contributed by atoms with Gasteiger partial charge in [0.25, 0.3) is 0 Å². The Kier molecular flexibility index (Phi) is 4.66. The molecule has 0 saturated heterocycles. The number of pyridine rings is 1. The molecule has 0 radical (unpaired) electrons. The van der Waals surface area contributed by atoms with Crippen molar-refractivity contribution in [2.24, 2.45) is 7.05 Å². The van der Waals surface area contributed by atoms with Crippen molar-refractivity contribution >= 4 is 17.0 Å². The second-order valence-corrected chi connectivity index (χ2v) is 5.90. The van der Waals surface area contributed by atoms with Gasteiger partial charge in [0.2, 0.25) is 0 Å². The van der Waals surface area contributed by atoms with E-state index < -0.39 is 11.7 Å². The molecule has 0 aliphatic heterocycles. The smallest absolute Gasteiger partial charge is 0.407 e. The third-order valence-electron chi connectivity index (χ3n) is 2.69. The van der Waals surface area contributed by atoms with E-state index in [1.54, 1.807) is 17.1 Å². The highest BCUT2D eigenvalue weighted by Crippen LogP contribution is 2.14. The number of nitrogens with zero attached hydrogens (tertiary/aromatic N) is 3. The number of fused-ring (bicyclic) bond motifs is 1. The standard InChI is InChI=1S/C16H20N4O2/c1-16(2,3)22-15(21)18-8-6-5-7-12-9-17-10-14-13(12)11-20(4)19-14/h9-11H,6,8H2,1-4H3,(H,18,21). The van der Waals surface area contributed by atoms with Gasteiger partial charge in [0.05, 0.1) is 11.8 Å². The van der Waals surface area contributed by atoms with E-state index in [9.17, 15) is 4.79 Å². The molecule has 0 aliphatic carbocycles. The second kappa shape index (κ2) is 6.48. The van der Waals surface area contributed by atoms with E-state index in [2.05, 4.69) is 27.2 Å². The van der Waals surface area contributed by atoms with Gasteiger partial charge >= 0.3 is 6.09 Å². The molecule has 2 rings (SSSR count). The number of carbonyl (C=O) groups is 1. The molecule has 0 spiro atoms. The molecule has 0 fully saturated rings. The summed E-state index contributed by atoms with van der Waals surface area (Å²) in [5, 5.41) is 7.94. The first-order valence-electron chi connectivity index (χ1n) is 7.08. The van der Waals surface area contributed by atoms with Crippen LogP contribution in [0.4, 0.5) is 4.79 Å². The number of hydrogen-bond donors (Lipinski definition) is 1. The lowest BCUT2D eigenvalue weighted by molar-refractivity contribution is 0.0529. The quantitative estimate of drug-likeness (QED) is 0.682. The number of aromatic nitrogens is 3. The first-order valence-corrected chi connectivity index (χ1v) is 7.08. The van der Waals surface area contributed by atoms with Crippen molar-refractivity contribution in [2.75, 3.05) is 6.54 Å². The maximum Gasteiger partial charge on any atom is 0.407 e. The normalized spacial score (nSPS) is 10.9. The highest BCUT2D eigenvalue weighted by Gasteiger charge is 2.15. The summed E-state index contributed by atoms with van der Waals surface area (Å²) >= 11 is 0. The predicted molar refractivity (Wildman–Crippen MR) is 84.2 cm³/mol. The summed E-state index contributed by atoms with van der Waals surface area (Å²) in [7, 11) is 1.86. The summed E-state index contributed by atoms with van der Waals surface area (Å²) in [6, 6.07) is 0. The lowest BCUT2D eigenvalue weighted by Gasteiger charge is -2.19. The molecule has 0 aliphatic rings. The molecule has 0 saturated carbocycles. The van der Waals surface area contributed by atoms with Crippen LogP contribution >= 0.6 is 0 Å². The molecule has 116 valence electrons. The number of carbonyl (C=O) groups excluding carboxylic acids is 1. The Morgan fingerprint density at radius 1 is 1.41 bits per heavy atom. The van der Waals surface area contributed by atoms with Crippen LogP contribution in [0, 0.1) is 11.8 Å². The van der Waals surface area contributed by atoms with Crippen molar-refractivity contribution in [3.05, 3.63) is 24.2 Å². The molecule has 2 aromatic rings. The molecule has 6 nitrogen and oxygen atoms in total. The summed E-state index contributed by atoms with van der Waals surface area (Å²) < 4.78 is 6.88. The fourth-order valence-corrected chi connectivity index (χ4v) is 1.86. The van der Waals surface area contributed by atoms with Crippen LogP contribution in [0.2, 0.25) is 0 Å². The first kappa shape index (κ1) is 15.8. The Labute approximate surface area is 129 Å². The van der Waals surface area contributed by atoms with Crippen LogP contribution in [0.15, 0.2) is 18.6 Å². The van der Waals surface area contributed by atoms with Crippen LogP contribution in [-0.4, -0.2) is 33.0 Å². The SMILES string of the molecule is Cn1cc2c(C#CCCNC(=O)OC(C)(C)C)cncc2n1. The number of amides is 1. The molecule has 0 unspecified atom stereocenters. The zero-order valence-electron chi connectivity index (χ0n) is 13.3. The van der Waals surface area contributed by atoms with Gasteiger partial charge in [0.15, 0.2) is 0 Å². The summed E-state index contributed by atoms with van der Waals surface area (Å²) in [4.78, 5) is 15.6. The molecular weight excluding hydrogens is 280 g/mol. The van der Waals surface area contributed by atoms with Crippen LogP contribution in [0.25, 0.3) is 10.9 Å². The molecule has 0 atom stereocenters. The number of nitrogens with one attached hydrogen (secondary N) is 1. The van der Waals surface area contributed by atoms with Gasteiger partial charge in [0, 0.05) is 37.8 Å². The molecule has 0 aromatic carbocycles. The minimum Gasteiger partial charge on any atom is -0.444 e. The topological polar surface area (TPSA) is 69.0 Å². The van der Waals surface area contributed by atoms with Crippen molar-refractivity contribution in [1.82, 2.24) is 20.1 Å². The number of rotatable bonds is 2. The Bertz CT molecular complexity index is 732. The van der Waals surface area contributed by atoms with Crippen molar-refractivity contribution in [3.8, 4) is 11.8 Å². The van der Waals surface area contributed by atoms with E-state index in [0.29, 0.717) is 13.0 Å². The van der Waals surface area contributed by atoms with Gasteiger partial charge in [-0.3, -0.25) is 9.67 Å². The molecule has 2 heterocycles. The van der Waals surface area contributed by atoms with E-state index in [-0.39, 0.29) is 0 Å². The molecule has 1 amide bonds. The third kappa shape index (κ3) is 4.48. The molecule has 0 bridgehead atoms. The Morgan fingerprint density at radius 2 is 2.18 bits per heavy atom. The van der Waals surface area contributed by atoms with Gasteiger partial charge in [-0.25, -0.2) is 4.79 Å². The van der Waals surface area contributed by atoms with Crippen LogP contribution in [0.3, 0.4) is 0 Å². The van der Waals surface area contributed by atoms with E-state index in [4.69, 9.17) is 4.74 Å².